The zero-order valence-corrected chi connectivity index (χ0v) is 16.6. The van der Waals surface area contributed by atoms with Gasteiger partial charge in [-0.1, -0.05) is 6.42 Å². The summed E-state index contributed by atoms with van der Waals surface area (Å²) in [5.41, 5.74) is 0. The van der Waals surface area contributed by atoms with Gasteiger partial charge in [0.2, 0.25) is 5.91 Å². The number of thioether (sulfide) groups is 1. The third-order valence-corrected chi connectivity index (χ3v) is 6.67. The SMILES string of the molecule is CNC(CCCCNC(=O)CCCC[C@@H]1SC[C@@H]2NC(=O)N[C@@H]21)C(C)=O. The Hall–Kier alpha value is -1.28. The maximum Gasteiger partial charge on any atom is 0.315 e. The molecule has 4 N–H and O–H groups in total. The summed E-state index contributed by atoms with van der Waals surface area (Å²) >= 11 is 1.91. The number of ketones is 1. The van der Waals surface area contributed by atoms with E-state index in [9.17, 15) is 14.4 Å². The van der Waals surface area contributed by atoms with Crippen molar-refractivity contribution in [3.63, 3.8) is 0 Å². The summed E-state index contributed by atoms with van der Waals surface area (Å²) in [6.45, 7) is 2.28. The predicted molar refractivity (Wildman–Crippen MR) is 104 cm³/mol. The minimum absolute atomic E-state index is 0.0472. The van der Waals surface area contributed by atoms with Crippen LogP contribution in [0.1, 0.15) is 51.9 Å². The van der Waals surface area contributed by atoms with Crippen LogP contribution in [-0.2, 0) is 9.59 Å². The quantitative estimate of drug-likeness (QED) is 0.299. The second-order valence-electron chi connectivity index (χ2n) is 7.17. The Morgan fingerprint density at radius 2 is 2.04 bits per heavy atom. The number of Topliss-reactive ketones (excluding diaryl/α,β-unsaturated/α-hetero) is 1. The van der Waals surface area contributed by atoms with Crippen LogP contribution < -0.4 is 21.3 Å². The molecule has 0 radical (unpaired) electrons. The van der Waals surface area contributed by atoms with E-state index in [1.807, 2.05) is 11.8 Å². The van der Waals surface area contributed by atoms with E-state index in [2.05, 4.69) is 21.3 Å². The molecule has 0 saturated carbocycles. The Kier molecular flexibility index (Phi) is 8.71. The van der Waals surface area contributed by atoms with Crippen molar-refractivity contribution < 1.29 is 14.4 Å². The molecule has 1 unspecified atom stereocenters. The molecular formula is C18H32N4O3S. The number of carbonyl (C=O) groups is 3. The number of amides is 3. The summed E-state index contributed by atoms with van der Waals surface area (Å²) in [6, 6.07) is 0.400. The van der Waals surface area contributed by atoms with Crippen molar-refractivity contribution in [3.05, 3.63) is 0 Å². The molecule has 0 aromatic carbocycles. The second kappa shape index (κ2) is 10.8. The van der Waals surface area contributed by atoms with Gasteiger partial charge in [0.25, 0.3) is 0 Å². The van der Waals surface area contributed by atoms with Crippen LogP contribution in [0, 0.1) is 0 Å². The Labute approximate surface area is 160 Å². The summed E-state index contributed by atoms with van der Waals surface area (Å²) < 4.78 is 0. The third-order valence-electron chi connectivity index (χ3n) is 5.16. The molecule has 26 heavy (non-hydrogen) atoms. The van der Waals surface area contributed by atoms with Crippen molar-refractivity contribution in [1.29, 1.82) is 0 Å². The Morgan fingerprint density at radius 1 is 1.23 bits per heavy atom. The first-order chi connectivity index (χ1) is 12.5. The van der Waals surface area contributed by atoms with E-state index in [-0.39, 0.29) is 35.8 Å². The van der Waals surface area contributed by atoms with Gasteiger partial charge in [0.1, 0.15) is 5.78 Å². The van der Waals surface area contributed by atoms with Gasteiger partial charge in [-0.2, -0.15) is 11.8 Å². The molecule has 0 bridgehead atoms. The van der Waals surface area contributed by atoms with Crippen LogP contribution in [-0.4, -0.2) is 60.4 Å². The summed E-state index contributed by atoms with van der Waals surface area (Å²) in [7, 11) is 1.80. The first kappa shape index (κ1) is 21.0. The summed E-state index contributed by atoms with van der Waals surface area (Å²) in [4.78, 5) is 34.5. The number of hydrogen-bond acceptors (Lipinski definition) is 5. The van der Waals surface area contributed by atoms with Gasteiger partial charge in [-0.3, -0.25) is 9.59 Å². The van der Waals surface area contributed by atoms with Crippen LogP contribution in [0.25, 0.3) is 0 Å². The average Bonchev–Trinajstić information content (AvgIpc) is 3.14. The fourth-order valence-corrected chi connectivity index (χ4v) is 5.16. The van der Waals surface area contributed by atoms with E-state index < -0.39 is 0 Å². The van der Waals surface area contributed by atoms with Gasteiger partial charge in [-0.15, -0.1) is 0 Å². The Balaban J connectivity index is 1.47. The van der Waals surface area contributed by atoms with Crippen molar-refractivity contribution in [1.82, 2.24) is 21.3 Å². The highest BCUT2D eigenvalue weighted by Gasteiger charge is 2.42. The monoisotopic (exact) mass is 384 g/mol. The van der Waals surface area contributed by atoms with Gasteiger partial charge in [0, 0.05) is 24.0 Å². The molecule has 2 fully saturated rings. The summed E-state index contributed by atoms with van der Waals surface area (Å²) in [6.07, 6.45) is 6.12. The molecule has 8 heteroatoms. The molecule has 2 rings (SSSR count). The van der Waals surface area contributed by atoms with Gasteiger partial charge in [-0.05, 0) is 46.1 Å². The van der Waals surface area contributed by atoms with Crippen LogP contribution in [0.5, 0.6) is 0 Å². The highest BCUT2D eigenvalue weighted by molar-refractivity contribution is 8.00. The molecule has 0 aromatic rings. The lowest BCUT2D eigenvalue weighted by molar-refractivity contribution is -0.121. The van der Waals surface area contributed by atoms with Crippen molar-refractivity contribution in [2.45, 2.75) is 75.2 Å². The number of urea groups is 1. The normalized spacial score (nSPS) is 25.3. The molecule has 2 saturated heterocycles. The lowest BCUT2D eigenvalue weighted by Crippen LogP contribution is -2.36. The zero-order valence-electron chi connectivity index (χ0n) is 15.8. The number of unbranched alkanes of at least 4 members (excludes halogenated alkanes) is 2. The van der Waals surface area contributed by atoms with Gasteiger partial charge in [0.15, 0.2) is 0 Å². The standard InChI is InChI=1S/C18H32N4O3S/c1-12(23)13(19-2)7-5-6-10-20-16(24)9-4-3-8-15-17-14(11-26-15)21-18(25)22-17/h13-15,17,19H,3-11H2,1-2H3,(H,20,24)(H2,21,22,25)/t13?,14-,15-,17-/m0/s1. The van der Waals surface area contributed by atoms with Gasteiger partial charge >= 0.3 is 6.03 Å². The molecule has 0 aliphatic carbocycles. The van der Waals surface area contributed by atoms with Crippen LogP contribution >= 0.6 is 11.8 Å². The molecule has 2 aliphatic rings. The fraction of sp³-hybridized carbons (Fsp3) is 0.833. The first-order valence-corrected chi connectivity index (χ1v) is 10.7. The van der Waals surface area contributed by atoms with E-state index in [1.165, 1.54) is 0 Å². The molecule has 0 aromatic heterocycles. The number of likely N-dealkylation sites (N-methyl/N-ethyl adjacent to an activating group) is 1. The van der Waals surface area contributed by atoms with Crippen LogP contribution in [0.3, 0.4) is 0 Å². The molecule has 148 valence electrons. The van der Waals surface area contributed by atoms with E-state index in [0.717, 1.165) is 44.3 Å². The predicted octanol–water partition coefficient (Wildman–Crippen LogP) is 1.18. The van der Waals surface area contributed by atoms with Crippen molar-refractivity contribution in [2.24, 2.45) is 0 Å². The molecule has 4 atom stereocenters. The van der Waals surface area contributed by atoms with Crippen molar-refractivity contribution in [3.8, 4) is 0 Å². The smallest absolute Gasteiger partial charge is 0.315 e. The van der Waals surface area contributed by atoms with Gasteiger partial charge in [0.05, 0.1) is 18.1 Å². The molecule has 0 spiro atoms. The number of nitrogens with one attached hydrogen (secondary N) is 4. The number of hydrogen-bond donors (Lipinski definition) is 4. The molecule has 2 aliphatic heterocycles. The largest absolute Gasteiger partial charge is 0.356 e. The van der Waals surface area contributed by atoms with Crippen molar-refractivity contribution in [2.75, 3.05) is 19.3 Å². The summed E-state index contributed by atoms with van der Waals surface area (Å²) in [5, 5.41) is 12.4. The van der Waals surface area contributed by atoms with E-state index in [1.54, 1.807) is 14.0 Å². The maximum atomic E-state index is 11.9. The minimum Gasteiger partial charge on any atom is -0.356 e. The van der Waals surface area contributed by atoms with Crippen LogP contribution in [0.2, 0.25) is 0 Å². The molecular weight excluding hydrogens is 352 g/mol. The highest BCUT2D eigenvalue weighted by atomic mass is 32.2. The molecule has 7 nitrogen and oxygen atoms in total. The van der Waals surface area contributed by atoms with E-state index in [4.69, 9.17) is 0 Å². The number of carbonyl (C=O) groups excluding carboxylic acids is 3. The topological polar surface area (TPSA) is 99.3 Å². The number of rotatable bonds is 12. The fourth-order valence-electron chi connectivity index (χ4n) is 3.61. The number of fused-ring (bicyclic) bond motifs is 1. The lowest BCUT2D eigenvalue weighted by Gasteiger charge is -2.16. The minimum atomic E-state index is -0.0707. The maximum absolute atomic E-state index is 11.9. The van der Waals surface area contributed by atoms with Crippen LogP contribution in [0.15, 0.2) is 0 Å². The summed E-state index contributed by atoms with van der Waals surface area (Å²) in [5.74, 6) is 1.25. The average molecular weight is 385 g/mol. The van der Waals surface area contributed by atoms with Gasteiger partial charge in [-0.25, -0.2) is 4.79 Å². The second-order valence-corrected chi connectivity index (χ2v) is 8.44. The van der Waals surface area contributed by atoms with E-state index >= 15 is 0 Å². The van der Waals surface area contributed by atoms with Crippen molar-refractivity contribution >= 4 is 29.5 Å². The third kappa shape index (κ3) is 6.46. The van der Waals surface area contributed by atoms with Gasteiger partial charge < -0.3 is 21.3 Å². The first-order valence-electron chi connectivity index (χ1n) is 9.64. The van der Waals surface area contributed by atoms with Crippen LogP contribution in [0.4, 0.5) is 4.79 Å². The molecule has 3 amide bonds. The highest BCUT2D eigenvalue weighted by Crippen LogP contribution is 2.33. The Morgan fingerprint density at radius 3 is 2.77 bits per heavy atom. The lowest BCUT2D eigenvalue weighted by atomic mass is 10.0. The Bertz CT molecular complexity index is 503. The zero-order chi connectivity index (χ0) is 18.9. The molecule has 2 heterocycles. The van der Waals surface area contributed by atoms with E-state index in [0.29, 0.717) is 18.2 Å².